The van der Waals surface area contributed by atoms with Crippen LogP contribution in [-0.4, -0.2) is 28.8 Å². The van der Waals surface area contributed by atoms with Crippen LogP contribution in [0.2, 0.25) is 0 Å². The van der Waals surface area contributed by atoms with Crippen LogP contribution >= 0.6 is 0 Å². The summed E-state index contributed by atoms with van der Waals surface area (Å²) in [5.74, 6) is 1.33. The predicted octanol–water partition coefficient (Wildman–Crippen LogP) is 1.66. The number of H-pyrrole nitrogens is 1. The van der Waals surface area contributed by atoms with Crippen molar-refractivity contribution in [3.8, 4) is 0 Å². The molecule has 1 fully saturated rings. The van der Waals surface area contributed by atoms with Crippen LogP contribution in [0.1, 0.15) is 49.7 Å². The van der Waals surface area contributed by atoms with Gasteiger partial charge in [-0.05, 0) is 38.5 Å². The predicted molar refractivity (Wildman–Crippen MR) is 76.7 cm³/mol. The number of methoxy groups -OCH3 is 1. The summed E-state index contributed by atoms with van der Waals surface area (Å²) in [6.45, 7) is 4.02. The van der Waals surface area contributed by atoms with E-state index in [-0.39, 0.29) is 12.2 Å². The molecular formula is C15H24N2O3. The first-order valence-corrected chi connectivity index (χ1v) is 7.28. The van der Waals surface area contributed by atoms with Gasteiger partial charge < -0.3 is 14.8 Å². The fraction of sp³-hybridized carbons (Fsp3) is 0.733. The van der Waals surface area contributed by atoms with Gasteiger partial charge in [0, 0.05) is 31.4 Å². The van der Waals surface area contributed by atoms with E-state index in [0.29, 0.717) is 29.4 Å². The average molecular weight is 280 g/mol. The van der Waals surface area contributed by atoms with Crippen molar-refractivity contribution in [1.82, 2.24) is 9.97 Å². The Hall–Kier alpha value is -1.20. The van der Waals surface area contributed by atoms with Crippen molar-refractivity contribution in [1.29, 1.82) is 0 Å². The Kier molecular flexibility index (Phi) is 4.60. The van der Waals surface area contributed by atoms with E-state index in [0.717, 1.165) is 25.7 Å². The third-order valence-electron chi connectivity index (χ3n) is 4.49. The lowest BCUT2D eigenvalue weighted by Gasteiger charge is -2.37. The summed E-state index contributed by atoms with van der Waals surface area (Å²) in [6, 6.07) is 0. The molecule has 2 N–H and O–H groups in total. The molecule has 0 saturated heterocycles. The van der Waals surface area contributed by atoms with Crippen LogP contribution in [0.15, 0.2) is 4.79 Å². The third-order valence-corrected chi connectivity index (χ3v) is 4.49. The first-order valence-electron chi connectivity index (χ1n) is 7.28. The monoisotopic (exact) mass is 280 g/mol. The number of aliphatic hydroxyl groups is 1. The van der Waals surface area contributed by atoms with Crippen LogP contribution in [0, 0.1) is 12.8 Å². The average Bonchev–Trinajstić information content (AvgIpc) is 2.44. The van der Waals surface area contributed by atoms with E-state index < -0.39 is 5.60 Å². The Morgan fingerprint density at radius 1 is 1.45 bits per heavy atom. The highest BCUT2D eigenvalue weighted by molar-refractivity contribution is 5.19. The van der Waals surface area contributed by atoms with E-state index in [1.165, 1.54) is 0 Å². The molecule has 0 bridgehead atoms. The molecule has 5 nitrogen and oxygen atoms in total. The molecule has 0 radical (unpaired) electrons. The Labute approximate surface area is 119 Å². The van der Waals surface area contributed by atoms with Gasteiger partial charge >= 0.3 is 0 Å². The number of nitrogens with one attached hydrogen (secondary N) is 1. The number of aliphatic hydroxyl groups excluding tert-OH is 1. The van der Waals surface area contributed by atoms with Gasteiger partial charge in [-0.1, -0.05) is 6.92 Å². The highest BCUT2D eigenvalue weighted by atomic mass is 16.5. The largest absolute Gasteiger partial charge is 0.396 e. The van der Waals surface area contributed by atoms with Crippen molar-refractivity contribution >= 4 is 0 Å². The van der Waals surface area contributed by atoms with E-state index in [1.807, 2.05) is 6.92 Å². The SMILES string of the molecule is COC1(c2nc(C)c(CCO)c(=O)[nH]2)CCC(C)CC1. The van der Waals surface area contributed by atoms with E-state index in [2.05, 4.69) is 16.9 Å². The zero-order valence-corrected chi connectivity index (χ0v) is 12.5. The second kappa shape index (κ2) is 6.06. The van der Waals surface area contributed by atoms with Gasteiger partial charge in [-0.2, -0.15) is 0 Å². The van der Waals surface area contributed by atoms with Gasteiger partial charge in [0.25, 0.3) is 5.56 Å². The van der Waals surface area contributed by atoms with Crippen LogP contribution in [0.5, 0.6) is 0 Å². The smallest absolute Gasteiger partial charge is 0.254 e. The van der Waals surface area contributed by atoms with Crippen LogP contribution < -0.4 is 5.56 Å². The number of aromatic amines is 1. The van der Waals surface area contributed by atoms with E-state index in [1.54, 1.807) is 7.11 Å². The zero-order chi connectivity index (χ0) is 14.8. The molecule has 1 heterocycles. The molecule has 2 rings (SSSR count). The number of rotatable bonds is 4. The summed E-state index contributed by atoms with van der Waals surface area (Å²) in [6.07, 6.45) is 4.26. The topological polar surface area (TPSA) is 75.2 Å². The summed E-state index contributed by atoms with van der Waals surface area (Å²) in [5, 5.41) is 9.01. The molecule has 112 valence electrons. The van der Waals surface area contributed by atoms with Crippen LogP contribution in [0.25, 0.3) is 0 Å². The Bertz CT molecular complexity index is 516. The van der Waals surface area contributed by atoms with E-state index >= 15 is 0 Å². The summed E-state index contributed by atoms with van der Waals surface area (Å²) in [7, 11) is 1.69. The molecule has 20 heavy (non-hydrogen) atoms. The van der Waals surface area contributed by atoms with Gasteiger partial charge in [-0.25, -0.2) is 4.98 Å². The Morgan fingerprint density at radius 3 is 2.60 bits per heavy atom. The number of hydrogen-bond donors (Lipinski definition) is 2. The molecule has 0 unspecified atom stereocenters. The summed E-state index contributed by atoms with van der Waals surface area (Å²) >= 11 is 0. The van der Waals surface area contributed by atoms with Crippen LogP contribution in [0.3, 0.4) is 0 Å². The van der Waals surface area contributed by atoms with Crippen molar-refractivity contribution < 1.29 is 9.84 Å². The minimum atomic E-state index is -0.464. The first-order chi connectivity index (χ1) is 9.52. The molecule has 1 aliphatic carbocycles. The summed E-state index contributed by atoms with van der Waals surface area (Å²) in [4.78, 5) is 19.6. The van der Waals surface area contributed by atoms with Gasteiger partial charge in [0.15, 0.2) is 0 Å². The second-order valence-corrected chi connectivity index (χ2v) is 5.83. The maximum absolute atomic E-state index is 12.2. The molecule has 0 atom stereocenters. The second-order valence-electron chi connectivity index (χ2n) is 5.83. The summed E-state index contributed by atoms with van der Waals surface area (Å²) < 4.78 is 5.74. The fourth-order valence-electron chi connectivity index (χ4n) is 3.00. The standard InChI is InChI=1S/C15H24N2O3/c1-10-4-7-15(20-3,8-5-10)14-16-11(2)12(6-9-18)13(19)17-14/h10,18H,4-9H2,1-3H3,(H,16,17,19). The van der Waals surface area contributed by atoms with Gasteiger partial charge in [-0.3, -0.25) is 4.79 Å². The van der Waals surface area contributed by atoms with Gasteiger partial charge in [0.05, 0.1) is 0 Å². The quantitative estimate of drug-likeness (QED) is 0.879. The lowest BCUT2D eigenvalue weighted by molar-refractivity contribution is -0.0600. The molecule has 0 aliphatic heterocycles. The Morgan fingerprint density at radius 2 is 2.10 bits per heavy atom. The minimum Gasteiger partial charge on any atom is -0.396 e. The lowest BCUT2D eigenvalue weighted by Crippen LogP contribution is -2.37. The summed E-state index contributed by atoms with van der Waals surface area (Å²) in [5.41, 5.74) is 0.630. The molecule has 1 saturated carbocycles. The lowest BCUT2D eigenvalue weighted by atomic mass is 9.79. The molecule has 1 aliphatic rings. The molecule has 1 aromatic rings. The molecule has 5 heteroatoms. The van der Waals surface area contributed by atoms with Crippen molar-refractivity contribution in [3.63, 3.8) is 0 Å². The number of nitrogens with zero attached hydrogens (tertiary/aromatic N) is 1. The number of hydrogen-bond acceptors (Lipinski definition) is 4. The Balaban J connectivity index is 2.39. The molecule has 0 spiro atoms. The van der Waals surface area contributed by atoms with Crippen LogP contribution in [0.4, 0.5) is 0 Å². The van der Waals surface area contributed by atoms with Gasteiger partial charge in [-0.15, -0.1) is 0 Å². The fourth-order valence-corrected chi connectivity index (χ4v) is 3.00. The van der Waals surface area contributed by atoms with Crippen molar-refractivity contribution in [2.75, 3.05) is 13.7 Å². The number of ether oxygens (including phenoxy) is 1. The van der Waals surface area contributed by atoms with Gasteiger partial charge in [0.2, 0.25) is 0 Å². The highest BCUT2D eigenvalue weighted by Gasteiger charge is 2.38. The molecule has 1 aromatic heterocycles. The van der Waals surface area contributed by atoms with Crippen molar-refractivity contribution in [3.05, 3.63) is 27.4 Å². The van der Waals surface area contributed by atoms with Crippen molar-refractivity contribution in [2.45, 2.75) is 51.6 Å². The molecular weight excluding hydrogens is 256 g/mol. The van der Waals surface area contributed by atoms with Crippen molar-refractivity contribution in [2.24, 2.45) is 5.92 Å². The molecule has 0 aromatic carbocycles. The molecule has 0 amide bonds. The first kappa shape index (κ1) is 15.2. The highest BCUT2D eigenvalue weighted by Crippen LogP contribution is 2.40. The maximum Gasteiger partial charge on any atom is 0.254 e. The van der Waals surface area contributed by atoms with E-state index in [9.17, 15) is 4.79 Å². The van der Waals surface area contributed by atoms with Crippen LogP contribution in [-0.2, 0) is 16.8 Å². The number of aryl methyl sites for hydroxylation is 1. The third kappa shape index (κ3) is 2.79. The van der Waals surface area contributed by atoms with Gasteiger partial charge in [0.1, 0.15) is 11.4 Å². The van der Waals surface area contributed by atoms with E-state index in [4.69, 9.17) is 9.84 Å². The zero-order valence-electron chi connectivity index (χ0n) is 12.5. The number of aromatic nitrogens is 2. The normalized spacial score (nSPS) is 26.7. The maximum atomic E-state index is 12.2. The minimum absolute atomic E-state index is 0.0438.